The van der Waals surface area contributed by atoms with E-state index >= 15 is 0 Å². The third-order valence-corrected chi connectivity index (χ3v) is 3.04. The van der Waals surface area contributed by atoms with Crippen LogP contribution in [0.1, 0.15) is 18.9 Å². The molecule has 2 rings (SSSR count). The van der Waals surface area contributed by atoms with E-state index in [4.69, 9.17) is 4.74 Å². The van der Waals surface area contributed by atoms with E-state index in [9.17, 15) is 0 Å². The molecule has 2 aromatic rings. The predicted molar refractivity (Wildman–Crippen MR) is 77.7 cm³/mol. The fourth-order valence-corrected chi connectivity index (χ4v) is 2.01. The highest BCUT2D eigenvalue weighted by Crippen LogP contribution is 2.12. The number of methoxy groups -OCH3 is 1. The van der Waals surface area contributed by atoms with E-state index in [0.29, 0.717) is 0 Å². The van der Waals surface area contributed by atoms with Gasteiger partial charge in [-0.05, 0) is 30.5 Å². The lowest BCUT2D eigenvalue weighted by atomic mass is 10.1. The van der Waals surface area contributed by atoms with Gasteiger partial charge in [-0.1, -0.05) is 19.1 Å². The Balaban J connectivity index is 1.83. The smallest absolute Gasteiger partial charge is 0.202 e. The second-order valence-corrected chi connectivity index (χ2v) is 4.47. The normalized spacial score (nSPS) is 10.4. The van der Waals surface area contributed by atoms with Crippen molar-refractivity contribution in [3.05, 3.63) is 42.2 Å². The van der Waals surface area contributed by atoms with Gasteiger partial charge in [-0.15, -0.1) is 0 Å². The van der Waals surface area contributed by atoms with Crippen LogP contribution in [0.4, 0.5) is 5.95 Å². The van der Waals surface area contributed by atoms with Gasteiger partial charge in [-0.2, -0.15) is 0 Å². The number of imidazole rings is 1. The Morgan fingerprint density at radius 1 is 1.26 bits per heavy atom. The summed E-state index contributed by atoms with van der Waals surface area (Å²) in [6.45, 7) is 4.05. The van der Waals surface area contributed by atoms with Gasteiger partial charge in [0, 0.05) is 25.5 Å². The van der Waals surface area contributed by atoms with Crippen molar-refractivity contribution in [3.8, 4) is 5.75 Å². The zero-order valence-corrected chi connectivity index (χ0v) is 11.6. The van der Waals surface area contributed by atoms with Crippen molar-refractivity contribution in [2.24, 2.45) is 0 Å². The van der Waals surface area contributed by atoms with Crippen LogP contribution >= 0.6 is 0 Å². The number of hydrogen-bond acceptors (Lipinski definition) is 3. The van der Waals surface area contributed by atoms with Crippen LogP contribution in [0.25, 0.3) is 0 Å². The highest BCUT2D eigenvalue weighted by atomic mass is 16.5. The van der Waals surface area contributed by atoms with Gasteiger partial charge in [0.05, 0.1) is 7.11 Å². The summed E-state index contributed by atoms with van der Waals surface area (Å²) in [4.78, 5) is 4.33. The standard InChI is InChI=1S/C15H21N3O/c1-3-11-18-12-10-17-15(18)16-9-8-13-4-6-14(19-2)7-5-13/h4-7,10,12H,3,8-9,11H2,1-2H3,(H,16,17). The molecule has 0 aliphatic heterocycles. The molecule has 1 aromatic heterocycles. The number of nitrogens with one attached hydrogen (secondary N) is 1. The van der Waals surface area contributed by atoms with E-state index in [-0.39, 0.29) is 0 Å². The summed E-state index contributed by atoms with van der Waals surface area (Å²) < 4.78 is 7.29. The Bertz CT molecular complexity index is 490. The average Bonchev–Trinajstić information content (AvgIpc) is 2.88. The Hall–Kier alpha value is -1.97. The molecule has 0 bridgehead atoms. The van der Waals surface area contributed by atoms with Crippen molar-refractivity contribution in [1.82, 2.24) is 9.55 Å². The van der Waals surface area contributed by atoms with E-state index in [1.807, 2.05) is 24.5 Å². The van der Waals surface area contributed by atoms with Gasteiger partial charge in [0.2, 0.25) is 5.95 Å². The third-order valence-electron chi connectivity index (χ3n) is 3.04. The molecule has 0 aliphatic rings. The van der Waals surface area contributed by atoms with Crippen LogP contribution in [0.3, 0.4) is 0 Å². The maximum Gasteiger partial charge on any atom is 0.202 e. The third kappa shape index (κ3) is 3.74. The highest BCUT2D eigenvalue weighted by Gasteiger charge is 2.01. The van der Waals surface area contributed by atoms with E-state index in [2.05, 4.69) is 33.9 Å². The van der Waals surface area contributed by atoms with Crippen LogP contribution in [0, 0.1) is 0 Å². The average molecular weight is 259 g/mol. The molecule has 19 heavy (non-hydrogen) atoms. The topological polar surface area (TPSA) is 39.1 Å². The minimum Gasteiger partial charge on any atom is -0.497 e. The van der Waals surface area contributed by atoms with Crippen molar-refractivity contribution < 1.29 is 4.74 Å². The van der Waals surface area contributed by atoms with Gasteiger partial charge in [0.15, 0.2) is 0 Å². The fraction of sp³-hybridized carbons (Fsp3) is 0.400. The quantitative estimate of drug-likeness (QED) is 0.831. The number of aryl methyl sites for hydroxylation is 1. The molecule has 0 saturated heterocycles. The van der Waals surface area contributed by atoms with E-state index in [1.165, 1.54) is 5.56 Å². The highest BCUT2D eigenvalue weighted by molar-refractivity contribution is 5.29. The van der Waals surface area contributed by atoms with Crippen molar-refractivity contribution in [2.45, 2.75) is 26.3 Å². The van der Waals surface area contributed by atoms with Crippen molar-refractivity contribution >= 4 is 5.95 Å². The number of nitrogens with zero attached hydrogens (tertiary/aromatic N) is 2. The lowest BCUT2D eigenvalue weighted by molar-refractivity contribution is 0.414. The number of benzene rings is 1. The van der Waals surface area contributed by atoms with Crippen LogP contribution < -0.4 is 10.1 Å². The molecule has 0 spiro atoms. The van der Waals surface area contributed by atoms with E-state index < -0.39 is 0 Å². The molecular weight excluding hydrogens is 238 g/mol. The number of rotatable bonds is 7. The molecule has 0 amide bonds. The molecule has 1 N–H and O–H groups in total. The number of ether oxygens (including phenoxy) is 1. The molecule has 0 unspecified atom stereocenters. The lowest BCUT2D eigenvalue weighted by Gasteiger charge is -2.09. The molecule has 1 heterocycles. The molecular formula is C15H21N3O. The van der Waals surface area contributed by atoms with Crippen LogP contribution in [-0.4, -0.2) is 23.2 Å². The van der Waals surface area contributed by atoms with Crippen molar-refractivity contribution in [3.63, 3.8) is 0 Å². The summed E-state index contributed by atoms with van der Waals surface area (Å²) in [5.74, 6) is 1.85. The summed E-state index contributed by atoms with van der Waals surface area (Å²) in [5, 5.41) is 3.38. The first-order valence-electron chi connectivity index (χ1n) is 6.71. The van der Waals surface area contributed by atoms with Crippen molar-refractivity contribution in [1.29, 1.82) is 0 Å². The molecule has 0 saturated carbocycles. The zero-order chi connectivity index (χ0) is 13.5. The van der Waals surface area contributed by atoms with Crippen LogP contribution in [0.5, 0.6) is 5.75 Å². The maximum atomic E-state index is 5.15. The molecule has 4 nitrogen and oxygen atoms in total. The first kappa shape index (κ1) is 13.5. The molecule has 0 fully saturated rings. The minimum absolute atomic E-state index is 0.882. The summed E-state index contributed by atoms with van der Waals surface area (Å²) >= 11 is 0. The monoisotopic (exact) mass is 259 g/mol. The molecule has 0 aliphatic carbocycles. The zero-order valence-electron chi connectivity index (χ0n) is 11.6. The van der Waals surface area contributed by atoms with Crippen LogP contribution in [-0.2, 0) is 13.0 Å². The van der Waals surface area contributed by atoms with Crippen molar-refractivity contribution in [2.75, 3.05) is 19.0 Å². The SMILES string of the molecule is CCCn1ccnc1NCCc1ccc(OC)cc1. The van der Waals surface area contributed by atoms with Crippen LogP contribution in [0.2, 0.25) is 0 Å². The fourth-order valence-electron chi connectivity index (χ4n) is 2.01. The Labute approximate surface area is 114 Å². The van der Waals surface area contributed by atoms with Crippen LogP contribution in [0.15, 0.2) is 36.7 Å². The molecule has 0 atom stereocenters. The first-order valence-corrected chi connectivity index (χ1v) is 6.71. The summed E-state index contributed by atoms with van der Waals surface area (Å²) in [6.07, 6.45) is 5.94. The second kappa shape index (κ2) is 6.83. The molecule has 102 valence electrons. The minimum atomic E-state index is 0.882. The van der Waals surface area contributed by atoms with Gasteiger partial charge in [0.1, 0.15) is 5.75 Å². The van der Waals surface area contributed by atoms with Gasteiger partial charge in [-0.3, -0.25) is 0 Å². The summed E-state index contributed by atoms with van der Waals surface area (Å²) in [5.41, 5.74) is 1.29. The van der Waals surface area contributed by atoms with E-state index in [0.717, 1.165) is 37.6 Å². The largest absolute Gasteiger partial charge is 0.497 e. The molecule has 0 radical (unpaired) electrons. The summed E-state index contributed by atoms with van der Waals surface area (Å²) in [7, 11) is 1.68. The molecule has 4 heteroatoms. The van der Waals surface area contributed by atoms with Gasteiger partial charge in [0.25, 0.3) is 0 Å². The molecule has 1 aromatic carbocycles. The predicted octanol–water partition coefficient (Wildman–Crippen LogP) is 2.96. The second-order valence-electron chi connectivity index (χ2n) is 4.47. The van der Waals surface area contributed by atoms with E-state index in [1.54, 1.807) is 7.11 Å². The Kier molecular flexibility index (Phi) is 4.84. The Morgan fingerprint density at radius 2 is 2.05 bits per heavy atom. The number of anilines is 1. The number of hydrogen-bond donors (Lipinski definition) is 1. The van der Waals surface area contributed by atoms with Gasteiger partial charge >= 0.3 is 0 Å². The maximum absolute atomic E-state index is 5.15. The lowest BCUT2D eigenvalue weighted by Crippen LogP contribution is -2.10. The van der Waals surface area contributed by atoms with Gasteiger partial charge in [-0.25, -0.2) is 4.98 Å². The van der Waals surface area contributed by atoms with Gasteiger partial charge < -0.3 is 14.6 Å². The first-order chi connectivity index (χ1) is 9.33. The Morgan fingerprint density at radius 3 is 2.74 bits per heavy atom. The number of aromatic nitrogens is 2. The summed E-state index contributed by atoms with van der Waals surface area (Å²) in [6, 6.07) is 8.18.